The smallest absolute Gasteiger partial charge is 0.240 e. The van der Waals surface area contributed by atoms with E-state index in [1.165, 1.54) is 12.1 Å². The monoisotopic (exact) mass is 566 g/mol. The Bertz CT molecular complexity index is 1480. The van der Waals surface area contributed by atoms with Gasteiger partial charge in [-0.2, -0.15) is 5.10 Å². The molecule has 1 saturated carbocycles. The fraction of sp³-hybridized carbons (Fsp3) is 0.296. The van der Waals surface area contributed by atoms with Crippen LogP contribution in [0.3, 0.4) is 0 Å². The van der Waals surface area contributed by atoms with E-state index in [0.29, 0.717) is 35.5 Å². The second-order valence-corrected chi connectivity index (χ2v) is 9.93. The standard InChI is InChI=1S/C27H28BrFN6O2/c1-5-34-13-23(27(33-34)36-4)15(2)22-14-35(19-7-8-19)32-25(22)20-9-6-18(29)11-21(20)16(3)37-24-10-17(28)12-31-26(24)30/h6,9-14,16,19H,2,5,7-8H2,1,3-4H3,(H2,30,31)/t16-/m1/s1. The van der Waals surface area contributed by atoms with Gasteiger partial charge in [0.25, 0.3) is 0 Å². The maximum absolute atomic E-state index is 14.5. The Balaban J connectivity index is 1.60. The Hall–Kier alpha value is -3.66. The largest absolute Gasteiger partial charge is 0.482 e. The molecule has 3 aromatic heterocycles. The van der Waals surface area contributed by atoms with Crippen LogP contribution in [0.15, 0.2) is 53.9 Å². The van der Waals surface area contributed by atoms with Crippen LogP contribution in [-0.4, -0.2) is 31.7 Å². The molecule has 1 aromatic carbocycles. The van der Waals surface area contributed by atoms with E-state index in [2.05, 4.69) is 32.6 Å². The highest BCUT2D eigenvalue weighted by molar-refractivity contribution is 9.10. The summed E-state index contributed by atoms with van der Waals surface area (Å²) in [5.74, 6) is 0.773. The molecule has 8 nitrogen and oxygen atoms in total. The van der Waals surface area contributed by atoms with Crippen LogP contribution in [0.2, 0.25) is 0 Å². The van der Waals surface area contributed by atoms with Crippen molar-refractivity contribution in [3.8, 4) is 22.9 Å². The van der Waals surface area contributed by atoms with E-state index < -0.39 is 6.10 Å². The van der Waals surface area contributed by atoms with Crippen molar-refractivity contribution >= 4 is 27.3 Å². The fourth-order valence-corrected chi connectivity index (χ4v) is 4.58. The minimum absolute atomic E-state index is 0.250. The van der Waals surface area contributed by atoms with Gasteiger partial charge in [-0.25, -0.2) is 9.37 Å². The van der Waals surface area contributed by atoms with E-state index in [1.807, 2.05) is 30.9 Å². The molecule has 192 valence electrons. The first-order valence-electron chi connectivity index (χ1n) is 12.1. The van der Waals surface area contributed by atoms with Crippen LogP contribution >= 0.6 is 15.9 Å². The number of nitrogen functional groups attached to an aromatic ring is 1. The number of aryl methyl sites for hydroxylation is 1. The number of hydrogen-bond donors (Lipinski definition) is 1. The molecule has 10 heteroatoms. The summed E-state index contributed by atoms with van der Waals surface area (Å²) in [4.78, 5) is 4.13. The second-order valence-electron chi connectivity index (χ2n) is 9.02. The summed E-state index contributed by atoms with van der Waals surface area (Å²) in [6.45, 7) is 8.94. The molecule has 0 spiro atoms. The molecule has 1 fully saturated rings. The molecule has 4 aromatic rings. The maximum atomic E-state index is 14.5. The van der Waals surface area contributed by atoms with Crippen LogP contribution in [-0.2, 0) is 6.54 Å². The van der Waals surface area contributed by atoms with E-state index in [4.69, 9.17) is 20.3 Å². The first-order chi connectivity index (χ1) is 17.8. The van der Waals surface area contributed by atoms with Crippen molar-refractivity contribution in [3.63, 3.8) is 0 Å². The molecule has 5 rings (SSSR count). The van der Waals surface area contributed by atoms with Gasteiger partial charge >= 0.3 is 0 Å². The highest BCUT2D eigenvalue weighted by Gasteiger charge is 2.29. The lowest BCUT2D eigenvalue weighted by molar-refractivity contribution is 0.227. The van der Waals surface area contributed by atoms with Crippen LogP contribution in [0.25, 0.3) is 16.8 Å². The quantitative estimate of drug-likeness (QED) is 0.259. The summed E-state index contributed by atoms with van der Waals surface area (Å²) in [5, 5.41) is 9.43. The number of ether oxygens (including phenoxy) is 2. The number of benzene rings is 1. The molecule has 0 saturated heterocycles. The molecule has 0 amide bonds. The van der Waals surface area contributed by atoms with Crippen molar-refractivity contribution in [2.24, 2.45) is 0 Å². The summed E-state index contributed by atoms with van der Waals surface area (Å²) in [7, 11) is 1.59. The number of rotatable bonds is 9. The molecule has 0 unspecified atom stereocenters. The SMILES string of the molecule is C=C(c1cn(CC)nc1OC)c1cn(C2CC2)nc1-c1ccc(F)cc1[C@@H](C)Oc1cc(Br)cnc1N. The third-order valence-electron chi connectivity index (χ3n) is 6.41. The number of aromatic nitrogens is 5. The number of nitrogens with zero attached hydrogens (tertiary/aromatic N) is 5. The number of hydrogen-bond acceptors (Lipinski definition) is 6. The van der Waals surface area contributed by atoms with E-state index in [0.717, 1.165) is 39.6 Å². The Morgan fingerprint density at radius 2 is 2.03 bits per heavy atom. The van der Waals surface area contributed by atoms with Gasteiger partial charge in [0.1, 0.15) is 17.6 Å². The van der Waals surface area contributed by atoms with Crippen molar-refractivity contribution in [1.29, 1.82) is 0 Å². The van der Waals surface area contributed by atoms with Crippen LogP contribution in [0.4, 0.5) is 10.2 Å². The zero-order chi connectivity index (χ0) is 26.3. The van der Waals surface area contributed by atoms with Crippen molar-refractivity contribution in [1.82, 2.24) is 24.5 Å². The van der Waals surface area contributed by atoms with Gasteiger partial charge in [0.15, 0.2) is 11.6 Å². The van der Waals surface area contributed by atoms with Crippen LogP contribution in [0.1, 0.15) is 55.5 Å². The van der Waals surface area contributed by atoms with E-state index in [-0.39, 0.29) is 11.6 Å². The Kier molecular flexibility index (Phi) is 6.76. The lowest BCUT2D eigenvalue weighted by Crippen LogP contribution is -2.08. The van der Waals surface area contributed by atoms with Gasteiger partial charge in [-0.3, -0.25) is 9.36 Å². The molecule has 37 heavy (non-hydrogen) atoms. The Morgan fingerprint density at radius 1 is 1.24 bits per heavy atom. The Morgan fingerprint density at radius 3 is 2.73 bits per heavy atom. The molecule has 1 aliphatic rings. The highest BCUT2D eigenvalue weighted by atomic mass is 79.9. The molecule has 1 atom stereocenters. The van der Waals surface area contributed by atoms with Gasteiger partial charge in [0.05, 0.1) is 18.7 Å². The Labute approximate surface area is 223 Å². The van der Waals surface area contributed by atoms with Gasteiger partial charge in [0.2, 0.25) is 5.88 Å². The van der Waals surface area contributed by atoms with E-state index in [1.54, 1.807) is 30.1 Å². The number of pyridine rings is 1. The predicted molar refractivity (Wildman–Crippen MR) is 144 cm³/mol. The average molecular weight is 567 g/mol. The first kappa shape index (κ1) is 25.0. The zero-order valence-electron chi connectivity index (χ0n) is 20.9. The molecule has 3 heterocycles. The van der Waals surface area contributed by atoms with Crippen LogP contribution in [0.5, 0.6) is 11.6 Å². The minimum Gasteiger partial charge on any atom is -0.482 e. The van der Waals surface area contributed by atoms with Gasteiger partial charge < -0.3 is 15.2 Å². The summed E-state index contributed by atoms with van der Waals surface area (Å²) < 4.78 is 30.7. The molecule has 0 bridgehead atoms. The maximum Gasteiger partial charge on any atom is 0.240 e. The van der Waals surface area contributed by atoms with Gasteiger partial charge in [-0.1, -0.05) is 6.58 Å². The third kappa shape index (κ3) is 4.98. The minimum atomic E-state index is -0.548. The molecule has 0 radical (unpaired) electrons. The molecular formula is C27H28BrFN6O2. The summed E-state index contributed by atoms with van der Waals surface area (Å²) in [5.41, 5.74) is 10.4. The number of halogens is 2. The normalized spacial score (nSPS) is 14.0. The third-order valence-corrected chi connectivity index (χ3v) is 6.84. The summed E-state index contributed by atoms with van der Waals surface area (Å²) in [6, 6.07) is 6.71. The van der Waals surface area contributed by atoms with E-state index >= 15 is 0 Å². The van der Waals surface area contributed by atoms with Crippen molar-refractivity contribution < 1.29 is 13.9 Å². The lowest BCUT2D eigenvalue weighted by Gasteiger charge is -2.19. The summed E-state index contributed by atoms with van der Waals surface area (Å²) >= 11 is 3.40. The summed E-state index contributed by atoms with van der Waals surface area (Å²) in [6.07, 6.45) is 7.10. The molecule has 0 aliphatic heterocycles. The fourth-order valence-electron chi connectivity index (χ4n) is 4.27. The molecule has 2 N–H and O–H groups in total. The van der Waals surface area contributed by atoms with Gasteiger partial charge in [-0.05, 0) is 72.5 Å². The van der Waals surface area contributed by atoms with Crippen molar-refractivity contribution in [2.75, 3.05) is 12.8 Å². The van der Waals surface area contributed by atoms with Crippen LogP contribution in [0, 0.1) is 5.82 Å². The van der Waals surface area contributed by atoms with Gasteiger partial charge in [0, 0.05) is 46.3 Å². The molecular weight excluding hydrogens is 539 g/mol. The van der Waals surface area contributed by atoms with Gasteiger partial charge in [-0.15, -0.1) is 5.10 Å². The number of nitrogens with two attached hydrogens (primary N) is 1. The predicted octanol–water partition coefficient (Wildman–Crippen LogP) is 6.19. The second kappa shape index (κ2) is 10.0. The van der Waals surface area contributed by atoms with Crippen molar-refractivity contribution in [3.05, 3.63) is 76.4 Å². The number of anilines is 1. The molecule has 1 aliphatic carbocycles. The lowest BCUT2D eigenvalue weighted by atomic mass is 9.94. The highest BCUT2D eigenvalue weighted by Crippen LogP contribution is 2.42. The van der Waals surface area contributed by atoms with Crippen LogP contribution < -0.4 is 15.2 Å². The van der Waals surface area contributed by atoms with E-state index in [9.17, 15) is 4.39 Å². The van der Waals surface area contributed by atoms with Crippen molar-refractivity contribution in [2.45, 2.75) is 45.4 Å². The first-order valence-corrected chi connectivity index (χ1v) is 12.9. The average Bonchev–Trinajstić information content (AvgIpc) is 3.50. The zero-order valence-corrected chi connectivity index (χ0v) is 22.5. The topological polar surface area (TPSA) is 93.0 Å². The number of methoxy groups -OCH3 is 1.